The van der Waals surface area contributed by atoms with Gasteiger partial charge in [0, 0.05) is 0 Å². The number of hydrogen-bond acceptors (Lipinski definition) is 2. The summed E-state index contributed by atoms with van der Waals surface area (Å²) >= 11 is 0. The molecule has 2 nitrogen and oxygen atoms in total. The summed E-state index contributed by atoms with van der Waals surface area (Å²) in [4.78, 5) is 9.29. The smallest absolute Gasteiger partial charge is 0.0622 e. The Morgan fingerprint density at radius 2 is 1.69 bits per heavy atom. The van der Waals surface area contributed by atoms with Crippen LogP contribution in [0.2, 0.25) is 0 Å². The molecule has 0 N–H and O–H groups in total. The van der Waals surface area contributed by atoms with Gasteiger partial charge in [-0.3, -0.25) is 9.97 Å². The molecule has 1 aliphatic carbocycles. The van der Waals surface area contributed by atoms with E-state index in [0.717, 1.165) is 25.0 Å². The van der Waals surface area contributed by atoms with Crippen LogP contribution in [0.5, 0.6) is 0 Å². The zero-order valence-electron chi connectivity index (χ0n) is 8.43. The molecule has 0 bridgehead atoms. The third-order valence-corrected chi connectivity index (χ3v) is 2.74. The first kappa shape index (κ1) is 8.67. The van der Waals surface area contributed by atoms with Gasteiger partial charge in [0.15, 0.2) is 0 Å². The average molecular weight is 176 g/mol. The van der Waals surface area contributed by atoms with E-state index in [9.17, 15) is 0 Å². The van der Waals surface area contributed by atoms with E-state index in [-0.39, 0.29) is 0 Å². The van der Waals surface area contributed by atoms with E-state index in [1.54, 1.807) is 0 Å². The van der Waals surface area contributed by atoms with Crippen molar-refractivity contribution in [2.45, 2.75) is 46.0 Å². The predicted octanol–water partition coefficient (Wildman–Crippen LogP) is 2.23. The van der Waals surface area contributed by atoms with Gasteiger partial charge in [-0.1, -0.05) is 6.92 Å². The molecule has 0 saturated heterocycles. The van der Waals surface area contributed by atoms with Crippen LogP contribution in [0.4, 0.5) is 0 Å². The predicted molar refractivity (Wildman–Crippen MR) is 52.8 cm³/mol. The van der Waals surface area contributed by atoms with Crippen molar-refractivity contribution in [3.8, 4) is 0 Å². The standard InChI is InChI=1S/C11H16N2/c1-3-9-8(2)12-10-6-4-5-7-11(10)13-9/h3-7H2,1-2H3. The molecule has 1 heterocycles. The summed E-state index contributed by atoms with van der Waals surface area (Å²) in [5.41, 5.74) is 4.82. The lowest BCUT2D eigenvalue weighted by atomic mass is 10.00. The van der Waals surface area contributed by atoms with Crippen LogP contribution < -0.4 is 0 Å². The fourth-order valence-electron chi connectivity index (χ4n) is 1.96. The number of nitrogens with zero attached hydrogens (tertiary/aromatic N) is 2. The van der Waals surface area contributed by atoms with Crippen LogP contribution in [-0.4, -0.2) is 9.97 Å². The lowest BCUT2D eigenvalue weighted by Gasteiger charge is -2.15. The first-order valence-electron chi connectivity index (χ1n) is 5.16. The van der Waals surface area contributed by atoms with Crippen molar-refractivity contribution in [2.75, 3.05) is 0 Å². The zero-order chi connectivity index (χ0) is 9.26. The third kappa shape index (κ3) is 1.58. The van der Waals surface area contributed by atoms with Crippen LogP contribution in [0.15, 0.2) is 0 Å². The molecular weight excluding hydrogens is 160 g/mol. The molecule has 2 heteroatoms. The maximum absolute atomic E-state index is 4.67. The minimum absolute atomic E-state index is 1.01. The van der Waals surface area contributed by atoms with E-state index in [2.05, 4.69) is 23.8 Å². The molecule has 70 valence electrons. The van der Waals surface area contributed by atoms with E-state index in [1.165, 1.54) is 29.9 Å². The highest BCUT2D eigenvalue weighted by Gasteiger charge is 2.13. The van der Waals surface area contributed by atoms with E-state index >= 15 is 0 Å². The van der Waals surface area contributed by atoms with Crippen molar-refractivity contribution in [1.29, 1.82) is 0 Å². The largest absolute Gasteiger partial charge is 0.254 e. The molecule has 0 amide bonds. The second kappa shape index (κ2) is 3.44. The van der Waals surface area contributed by atoms with Gasteiger partial charge in [-0.05, 0) is 39.0 Å². The van der Waals surface area contributed by atoms with Gasteiger partial charge in [0.2, 0.25) is 0 Å². The first-order valence-corrected chi connectivity index (χ1v) is 5.16. The van der Waals surface area contributed by atoms with Gasteiger partial charge in [-0.25, -0.2) is 0 Å². The van der Waals surface area contributed by atoms with Gasteiger partial charge in [0.25, 0.3) is 0 Å². The third-order valence-electron chi connectivity index (χ3n) is 2.74. The Balaban J connectivity index is 2.44. The number of fused-ring (bicyclic) bond motifs is 1. The summed E-state index contributed by atoms with van der Waals surface area (Å²) < 4.78 is 0. The van der Waals surface area contributed by atoms with Crippen LogP contribution in [0.25, 0.3) is 0 Å². The molecule has 0 radical (unpaired) electrons. The minimum Gasteiger partial charge on any atom is -0.254 e. The molecule has 0 unspecified atom stereocenters. The molecule has 2 rings (SSSR count). The molecule has 13 heavy (non-hydrogen) atoms. The van der Waals surface area contributed by atoms with E-state index in [0.29, 0.717) is 0 Å². The number of aryl methyl sites for hydroxylation is 4. The second-order valence-corrected chi connectivity index (χ2v) is 3.71. The van der Waals surface area contributed by atoms with Crippen LogP contribution in [0.1, 0.15) is 42.5 Å². The van der Waals surface area contributed by atoms with Crippen molar-refractivity contribution < 1.29 is 0 Å². The van der Waals surface area contributed by atoms with Crippen molar-refractivity contribution in [3.05, 3.63) is 22.8 Å². The van der Waals surface area contributed by atoms with Gasteiger partial charge in [0.05, 0.1) is 22.8 Å². The number of aromatic nitrogens is 2. The summed E-state index contributed by atoms with van der Waals surface area (Å²) in [5.74, 6) is 0. The molecule has 0 fully saturated rings. The number of hydrogen-bond donors (Lipinski definition) is 0. The molecule has 0 aromatic carbocycles. The Morgan fingerprint density at radius 1 is 1.08 bits per heavy atom. The van der Waals surface area contributed by atoms with Crippen molar-refractivity contribution in [3.63, 3.8) is 0 Å². The molecule has 1 aromatic rings. The highest BCUT2D eigenvalue weighted by molar-refractivity contribution is 5.21. The van der Waals surface area contributed by atoms with Gasteiger partial charge in [0.1, 0.15) is 0 Å². The summed E-state index contributed by atoms with van der Waals surface area (Å²) in [5, 5.41) is 0. The van der Waals surface area contributed by atoms with Crippen LogP contribution in [0, 0.1) is 6.92 Å². The normalized spacial score (nSPS) is 15.5. The molecule has 1 aliphatic rings. The van der Waals surface area contributed by atoms with Gasteiger partial charge in [-0.2, -0.15) is 0 Å². The fraction of sp³-hybridized carbons (Fsp3) is 0.636. The van der Waals surface area contributed by atoms with Crippen LogP contribution >= 0.6 is 0 Å². The van der Waals surface area contributed by atoms with E-state index in [4.69, 9.17) is 0 Å². The van der Waals surface area contributed by atoms with Crippen molar-refractivity contribution in [2.24, 2.45) is 0 Å². The fourth-order valence-corrected chi connectivity index (χ4v) is 1.96. The maximum Gasteiger partial charge on any atom is 0.0622 e. The highest BCUT2D eigenvalue weighted by atomic mass is 14.8. The lowest BCUT2D eigenvalue weighted by molar-refractivity contribution is 0.639. The topological polar surface area (TPSA) is 25.8 Å². The zero-order valence-corrected chi connectivity index (χ0v) is 8.43. The molecule has 0 aliphatic heterocycles. The Hall–Kier alpha value is -0.920. The Labute approximate surface area is 79.4 Å². The van der Waals surface area contributed by atoms with E-state index in [1.807, 2.05) is 0 Å². The molecule has 0 spiro atoms. The first-order chi connectivity index (χ1) is 6.31. The van der Waals surface area contributed by atoms with E-state index < -0.39 is 0 Å². The van der Waals surface area contributed by atoms with Crippen molar-refractivity contribution in [1.82, 2.24) is 9.97 Å². The van der Waals surface area contributed by atoms with Crippen LogP contribution in [0.3, 0.4) is 0 Å². The van der Waals surface area contributed by atoms with Gasteiger partial charge in [-0.15, -0.1) is 0 Å². The Morgan fingerprint density at radius 3 is 2.31 bits per heavy atom. The minimum atomic E-state index is 1.01. The average Bonchev–Trinajstić information content (AvgIpc) is 2.17. The van der Waals surface area contributed by atoms with Gasteiger partial charge >= 0.3 is 0 Å². The monoisotopic (exact) mass is 176 g/mol. The Kier molecular flexibility index (Phi) is 2.30. The second-order valence-electron chi connectivity index (χ2n) is 3.71. The maximum atomic E-state index is 4.67. The van der Waals surface area contributed by atoms with Gasteiger partial charge < -0.3 is 0 Å². The molecule has 0 saturated carbocycles. The quantitative estimate of drug-likeness (QED) is 0.655. The summed E-state index contributed by atoms with van der Waals surface area (Å²) in [6.45, 7) is 4.22. The molecule has 0 atom stereocenters. The summed E-state index contributed by atoms with van der Waals surface area (Å²) in [6.07, 6.45) is 5.84. The van der Waals surface area contributed by atoms with Crippen LogP contribution in [-0.2, 0) is 19.3 Å². The number of rotatable bonds is 1. The molecule has 1 aromatic heterocycles. The SMILES string of the molecule is CCc1nc2c(nc1C)CCCC2. The molecular formula is C11H16N2. The Bertz CT molecular complexity index is 318. The lowest BCUT2D eigenvalue weighted by Crippen LogP contribution is -2.11. The summed E-state index contributed by atoms with van der Waals surface area (Å²) in [7, 11) is 0. The highest BCUT2D eigenvalue weighted by Crippen LogP contribution is 2.19. The van der Waals surface area contributed by atoms with Crippen molar-refractivity contribution >= 4 is 0 Å². The summed E-state index contributed by atoms with van der Waals surface area (Å²) in [6, 6.07) is 0.